The topological polar surface area (TPSA) is 32.7 Å². The molecule has 1 N–H and O–H groups in total. The van der Waals surface area contributed by atoms with Crippen LogP contribution in [0.5, 0.6) is 5.75 Å². The fourth-order valence-electron chi connectivity index (χ4n) is 4.46. The van der Waals surface area contributed by atoms with Crippen molar-refractivity contribution in [2.24, 2.45) is 0 Å². The maximum atomic E-state index is 9.88. The van der Waals surface area contributed by atoms with Crippen molar-refractivity contribution in [1.82, 2.24) is 4.90 Å². The summed E-state index contributed by atoms with van der Waals surface area (Å²) >= 11 is 2.44. The monoisotopic (exact) mass is 557 g/mol. The van der Waals surface area contributed by atoms with Crippen molar-refractivity contribution >= 4 is 22.6 Å². The average molecular weight is 558 g/mol. The molecule has 0 heterocycles. The molecule has 0 aromatic heterocycles. The van der Waals surface area contributed by atoms with Crippen LogP contribution in [0.1, 0.15) is 62.3 Å². The van der Waals surface area contributed by atoms with Gasteiger partial charge >= 0.3 is 0 Å². The van der Waals surface area contributed by atoms with E-state index in [1.165, 1.54) is 9.13 Å². The minimum Gasteiger partial charge on any atom is -0.489 e. The largest absolute Gasteiger partial charge is 0.489 e. The molecule has 33 heavy (non-hydrogen) atoms. The van der Waals surface area contributed by atoms with E-state index in [9.17, 15) is 5.11 Å². The van der Waals surface area contributed by atoms with E-state index >= 15 is 0 Å². The standard InChI is InChI=1S/C29H36INO2/c1-21(2)31(22(3)4)17-16-25(26-12-8-9-13-28(26)30)27-18-24(19-32)14-15-29(27)33-20-23-10-6-5-7-11-23/h5-15,18,21-22,25,32H,16-17,19-20H2,1-4H3. The molecular weight excluding hydrogens is 521 g/mol. The number of aliphatic hydroxyl groups is 1. The van der Waals surface area contributed by atoms with Gasteiger partial charge in [0.15, 0.2) is 0 Å². The van der Waals surface area contributed by atoms with Gasteiger partial charge in [-0.05, 0) is 98.1 Å². The molecule has 0 aliphatic carbocycles. The van der Waals surface area contributed by atoms with Gasteiger partial charge in [-0.1, -0.05) is 54.6 Å². The summed E-state index contributed by atoms with van der Waals surface area (Å²) in [5.74, 6) is 1.07. The van der Waals surface area contributed by atoms with Gasteiger partial charge in [-0.2, -0.15) is 0 Å². The molecule has 0 saturated carbocycles. The summed E-state index contributed by atoms with van der Waals surface area (Å²) in [5, 5.41) is 9.88. The highest BCUT2D eigenvalue weighted by Gasteiger charge is 2.24. The van der Waals surface area contributed by atoms with Crippen molar-refractivity contribution in [3.63, 3.8) is 0 Å². The molecular formula is C29H36INO2. The second kappa shape index (κ2) is 12.5. The molecule has 1 unspecified atom stereocenters. The first kappa shape index (κ1) is 25.7. The molecule has 0 aliphatic rings. The first-order valence-electron chi connectivity index (χ1n) is 11.8. The molecule has 1 atom stereocenters. The quantitative estimate of drug-likeness (QED) is 0.258. The molecule has 0 bridgehead atoms. The fraction of sp³-hybridized carbons (Fsp3) is 0.379. The first-order chi connectivity index (χ1) is 15.9. The maximum Gasteiger partial charge on any atom is 0.123 e. The van der Waals surface area contributed by atoms with Crippen LogP contribution in [0, 0.1) is 3.57 Å². The van der Waals surface area contributed by atoms with E-state index in [4.69, 9.17) is 4.74 Å². The summed E-state index contributed by atoms with van der Waals surface area (Å²) in [4.78, 5) is 2.54. The summed E-state index contributed by atoms with van der Waals surface area (Å²) in [6, 6.07) is 26.0. The highest BCUT2D eigenvalue weighted by molar-refractivity contribution is 14.1. The summed E-state index contributed by atoms with van der Waals surface area (Å²) in [6.07, 6.45) is 0.979. The SMILES string of the molecule is CC(C)N(CCC(c1ccccc1I)c1cc(CO)ccc1OCc1ccccc1)C(C)C. The average Bonchev–Trinajstić information content (AvgIpc) is 2.81. The Hall–Kier alpha value is -1.89. The van der Waals surface area contributed by atoms with Crippen LogP contribution in [-0.4, -0.2) is 28.6 Å². The van der Waals surface area contributed by atoms with E-state index in [1.54, 1.807) is 0 Å². The lowest BCUT2D eigenvalue weighted by Crippen LogP contribution is -2.38. The van der Waals surface area contributed by atoms with Crippen molar-refractivity contribution in [1.29, 1.82) is 0 Å². The Balaban J connectivity index is 1.99. The first-order valence-corrected chi connectivity index (χ1v) is 12.9. The minimum absolute atomic E-state index is 0.0225. The zero-order chi connectivity index (χ0) is 23.8. The summed E-state index contributed by atoms with van der Waals surface area (Å²) < 4.78 is 7.62. The van der Waals surface area contributed by atoms with E-state index in [0.717, 1.165) is 35.4 Å². The molecule has 4 heteroatoms. The molecule has 0 spiro atoms. The van der Waals surface area contributed by atoms with Gasteiger partial charge in [-0.15, -0.1) is 0 Å². The third kappa shape index (κ3) is 7.05. The van der Waals surface area contributed by atoms with Crippen LogP contribution in [-0.2, 0) is 13.2 Å². The van der Waals surface area contributed by atoms with Gasteiger partial charge in [0, 0.05) is 27.1 Å². The molecule has 3 nitrogen and oxygen atoms in total. The zero-order valence-electron chi connectivity index (χ0n) is 20.2. The number of benzene rings is 3. The normalized spacial score (nSPS) is 12.5. The molecule has 0 fully saturated rings. The Kier molecular flexibility index (Phi) is 9.78. The van der Waals surface area contributed by atoms with Gasteiger partial charge in [-0.3, -0.25) is 4.90 Å². The highest BCUT2D eigenvalue weighted by Crippen LogP contribution is 2.38. The number of hydrogen-bond acceptors (Lipinski definition) is 3. The second-order valence-electron chi connectivity index (χ2n) is 9.09. The lowest BCUT2D eigenvalue weighted by atomic mass is 9.86. The van der Waals surface area contributed by atoms with Crippen molar-refractivity contribution in [2.45, 2.75) is 65.3 Å². The second-order valence-corrected chi connectivity index (χ2v) is 10.3. The van der Waals surface area contributed by atoms with Crippen molar-refractivity contribution in [2.75, 3.05) is 6.54 Å². The zero-order valence-corrected chi connectivity index (χ0v) is 22.3. The van der Waals surface area contributed by atoms with E-state index in [0.29, 0.717) is 18.7 Å². The van der Waals surface area contributed by atoms with Gasteiger partial charge in [0.1, 0.15) is 12.4 Å². The molecule has 3 rings (SSSR count). The molecule has 176 valence electrons. The van der Waals surface area contributed by atoms with Crippen molar-refractivity contribution < 1.29 is 9.84 Å². The molecule has 0 aliphatic heterocycles. The lowest BCUT2D eigenvalue weighted by Gasteiger charge is -2.33. The smallest absolute Gasteiger partial charge is 0.123 e. The summed E-state index contributed by atoms with van der Waals surface area (Å²) in [5.41, 5.74) is 4.52. The third-order valence-corrected chi connectivity index (χ3v) is 7.13. The van der Waals surface area contributed by atoms with Gasteiger partial charge in [0.2, 0.25) is 0 Å². The van der Waals surface area contributed by atoms with E-state index < -0.39 is 0 Å². The van der Waals surface area contributed by atoms with Crippen LogP contribution in [0.15, 0.2) is 72.8 Å². The Morgan fingerprint density at radius 2 is 1.48 bits per heavy atom. The fourth-order valence-corrected chi connectivity index (χ4v) is 5.23. The van der Waals surface area contributed by atoms with Gasteiger partial charge in [-0.25, -0.2) is 0 Å². The lowest BCUT2D eigenvalue weighted by molar-refractivity contribution is 0.170. The minimum atomic E-state index is 0.0225. The molecule has 3 aromatic carbocycles. The van der Waals surface area contributed by atoms with E-state index in [-0.39, 0.29) is 12.5 Å². The molecule has 0 radical (unpaired) electrons. The number of rotatable bonds is 11. The third-order valence-electron chi connectivity index (χ3n) is 6.15. The summed E-state index contributed by atoms with van der Waals surface area (Å²) in [7, 11) is 0. The van der Waals surface area contributed by atoms with Crippen molar-refractivity contribution in [3.05, 3.63) is 98.6 Å². The van der Waals surface area contributed by atoms with Crippen LogP contribution in [0.4, 0.5) is 0 Å². The van der Waals surface area contributed by atoms with Crippen LogP contribution in [0.2, 0.25) is 0 Å². The van der Waals surface area contributed by atoms with Crippen LogP contribution < -0.4 is 4.74 Å². The molecule has 0 saturated heterocycles. The molecule has 3 aromatic rings. The predicted octanol–water partition coefficient (Wildman–Crippen LogP) is 7.00. The maximum absolute atomic E-state index is 9.88. The van der Waals surface area contributed by atoms with Crippen LogP contribution in [0.3, 0.4) is 0 Å². The van der Waals surface area contributed by atoms with Crippen LogP contribution in [0.25, 0.3) is 0 Å². The number of aliphatic hydroxyl groups excluding tert-OH is 1. The highest BCUT2D eigenvalue weighted by atomic mass is 127. The number of halogens is 1. The Bertz CT molecular complexity index is 996. The Labute approximate surface area is 212 Å². The number of nitrogens with zero attached hydrogens (tertiary/aromatic N) is 1. The molecule has 0 amide bonds. The summed E-state index contributed by atoms with van der Waals surface area (Å²) in [6.45, 7) is 10.6. The Morgan fingerprint density at radius 1 is 0.818 bits per heavy atom. The van der Waals surface area contributed by atoms with Gasteiger partial charge < -0.3 is 9.84 Å². The van der Waals surface area contributed by atoms with Crippen LogP contribution >= 0.6 is 22.6 Å². The van der Waals surface area contributed by atoms with E-state index in [1.807, 2.05) is 30.3 Å². The Morgan fingerprint density at radius 3 is 2.12 bits per heavy atom. The van der Waals surface area contributed by atoms with Gasteiger partial charge in [0.05, 0.1) is 6.61 Å². The van der Waals surface area contributed by atoms with E-state index in [2.05, 4.69) is 97.7 Å². The van der Waals surface area contributed by atoms with Crippen molar-refractivity contribution in [3.8, 4) is 5.75 Å². The number of hydrogen-bond donors (Lipinski definition) is 1. The predicted molar refractivity (Wildman–Crippen MR) is 146 cm³/mol. The number of ether oxygens (including phenoxy) is 1. The van der Waals surface area contributed by atoms with Gasteiger partial charge in [0.25, 0.3) is 0 Å².